The first-order valence-electron chi connectivity index (χ1n) is 6.87. The van der Waals surface area contributed by atoms with Crippen molar-refractivity contribution >= 4 is 33.4 Å². The molecule has 1 aromatic carbocycles. The van der Waals surface area contributed by atoms with Crippen molar-refractivity contribution in [1.82, 2.24) is 0 Å². The standard InChI is InChI=1S/C16H17BrN2O5/c1-9(19)11(7-18)13(20)8-24-16(21)5-10-4-14(22-2)15(23-3)6-12(10)17/h4,6,11,19H,5,8H2,1-3H3. The summed E-state index contributed by atoms with van der Waals surface area (Å²) in [6.45, 7) is 0.812. The number of halogens is 1. The van der Waals surface area contributed by atoms with Crippen molar-refractivity contribution in [3.8, 4) is 17.6 Å². The first kappa shape index (κ1) is 19.6. The van der Waals surface area contributed by atoms with Gasteiger partial charge in [-0.25, -0.2) is 0 Å². The lowest BCUT2D eigenvalue weighted by atomic mass is 10.0. The van der Waals surface area contributed by atoms with Gasteiger partial charge in [0.25, 0.3) is 0 Å². The van der Waals surface area contributed by atoms with Gasteiger partial charge >= 0.3 is 5.97 Å². The second kappa shape index (κ2) is 9.03. The molecule has 0 saturated heterocycles. The number of benzene rings is 1. The van der Waals surface area contributed by atoms with Crippen LogP contribution in [0.1, 0.15) is 12.5 Å². The Kier molecular flexibility index (Phi) is 7.39. The number of esters is 1. The quantitative estimate of drug-likeness (QED) is 0.533. The van der Waals surface area contributed by atoms with E-state index in [1.165, 1.54) is 21.1 Å². The normalized spacial score (nSPS) is 11.1. The SMILES string of the molecule is COc1cc(Br)c(CC(=O)OCC(=O)C(C#N)C(C)=N)cc1OC. The van der Waals surface area contributed by atoms with Crippen molar-refractivity contribution in [2.75, 3.05) is 20.8 Å². The minimum Gasteiger partial charge on any atom is -0.493 e. The van der Waals surface area contributed by atoms with Crippen LogP contribution in [0.2, 0.25) is 0 Å². The summed E-state index contributed by atoms with van der Waals surface area (Å²) in [5.41, 5.74) is 0.520. The lowest BCUT2D eigenvalue weighted by Gasteiger charge is -2.12. The first-order chi connectivity index (χ1) is 11.3. The van der Waals surface area contributed by atoms with Crippen LogP contribution in [0.25, 0.3) is 0 Å². The molecule has 0 aliphatic carbocycles. The Labute approximate surface area is 148 Å². The maximum absolute atomic E-state index is 11.9. The van der Waals surface area contributed by atoms with E-state index in [4.69, 9.17) is 24.9 Å². The summed E-state index contributed by atoms with van der Waals surface area (Å²) in [6.07, 6.45) is -0.0883. The average Bonchev–Trinajstić information content (AvgIpc) is 2.54. The van der Waals surface area contributed by atoms with Crippen molar-refractivity contribution in [3.05, 3.63) is 22.2 Å². The molecule has 0 radical (unpaired) electrons. The molecule has 0 saturated carbocycles. The molecule has 0 amide bonds. The lowest BCUT2D eigenvalue weighted by Crippen LogP contribution is -2.26. The maximum atomic E-state index is 11.9. The lowest BCUT2D eigenvalue weighted by molar-refractivity contribution is -0.147. The second-order valence-electron chi connectivity index (χ2n) is 4.85. The van der Waals surface area contributed by atoms with E-state index < -0.39 is 24.3 Å². The van der Waals surface area contributed by atoms with Gasteiger partial charge in [0.1, 0.15) is 5.92 Å². The predicted octanol–water partition coefficient (Wildman–Crippen LogP) is 2.30. The van der Waals surface area contributed by atoms with Gasteiger partial charge in [-0.15, -0.1) is 0 Å². The molecule has 24 heavy (non-hydrogen) atoms. The van der Waals surface area contributed by atoms with Gasteiger partial charge in [0.2, 0.25) is 0 Å². The van der Waals surface area contributed by atoms with Crippen LogP contribution >= 0.6 is 15.9 Å². The molecule has 1 aromatic rings. The fourth-order valence-corrected chi connectivity index (χ4v) is 2.35. The smallest absolute Gasteiger partial charge is 0.310 e. The molecule has 1 unspecified atom stereocenters. The Morgan fingerprint density at radius 2 is 1.88 bits per heavy atom. The summed E-state index contributed by atoms with van der Waals surface area (Å²) >= 11 is 3.33. The van der Waals surface area contributed by atoms with Gasteiger partial charge in [-0.3, -0.25) is 9.59 Å². The van der Waals surface area contributed by atoms with E-state index >= 15 is 0 Å². The highest BCUT2D eigenvalue weighted by Crippen LogP contribution is 2.33. The molecule has 0 fully saturated rings. The van der Waals surface area contributed by atoms with Gasteiger partial charge in [0.05, 0.1) is 26.7 Å². The molecule has 128 valence electrons. The summed E-state index contributed by atoms with van der Waals surface area (Å²) in [4.78, 5) is 23.6. The molecule has 0 aliphatic heterocycles. The molecular formula is C16H17BrN2O5. The van der Waals surface area contributed by atoms with E-state index in [2.05, 4.69) is 15.9 Å². The van der Waals surface area contributed by atoms with Crippen LogP contribution in [0, 0.1) is 22.7 Å². The van der Waals surface area contributed by atoms with Gasteiger partial charge in [-0.1, -0.05) is 15.9 Å². The van der Waals surface area contributed by atoms with Crippen LogP contribution in [0.5, 0.6) is 11.5 Å². The van der Waals surface area contributed by atoms with Gasteiger partial charge in [-0.05, 0) is 24.6 Å². The number of carbonyl (C=O) groups excluding carboxylic acids is 2. The summed E-state index contributed by atoms with van der Waals surface area (Å²) < 4.78 is 15.9. The summed E-state index contributed by atoms with van der Waals surface area (Å²) in [5, 5.41) is 16.2. The van der Waals surface area contributed by atoms with Gasteiger partial charge < -0.3 is 19.6 Å². The monoisotopic (exact) mass is 396 g/mol. The third-order valence-electron chi connectivity index (χ3n) is 3.15. The molecule has 0 aromatic heterocycles. The number of ketones is 1. The van der Waals surface area contributed by atoms with Crippen LogP contribution < -0.4 is 9.47 Å². The number of hydrogen-bond acceptors (Lipinski definition) is 7. The van der Waals surface area contributed by atoms with Crippen molar-refractivity contribution in [1.29, 1.82) is 10.7 Å². The van der Waals surface area contributed by atoms with E-state index in [9.17, 15) is 9.59 Å². The Morgan fingerprint density at radius 3 is 2.38 bits per heavy atom. The summed E-state index contributed by atoms with van der Waals surface area (Å²) in [7, 11) is 2.98. The number of hydrogen-bond donors (Lipinski definition) is 1. The number of carbonyl (C=O) groups is 2. The zero-order chi connectivity index (χ0) is 18.3. The maximum Gasteiger partial charge on any atom is 0.310 e. The van der Waals surface area contributed by atoms with Gasteiger partial charge in [0, 0.05) is 10.2 Å². The van der Waals surface area contributed by atoms with E-state index in [0.717, 1.165) is 0 Å². The zero-order valence-electron chi connectivity index (χ0n) is 13.5. The van der Waals surface area contributed by atoms with Crippen LogP contribution in [-0.4, -0.2) is 38.3 Å². The third kappa shape index (κ3) is 5.06. The van der Waals surface area contributed by atoms with Crippen molar-refractivity contribution < 1.29 is 23.8 Å². The molecule has 1 rings (SSSR count). The molecular weight excluding hydrogens is 380 g/mol. The first-order valence-corrected chi connectivity index (χ1v) is 7.66. The number of nitriles is 1. The molecule has 0 aliphatic rings. The minimum absolute atomic E-state index is 0.0822. The van der Waals surface area contributed by atoms with Crippen molar-refractivity contribution in [3.63, 3.8) is 0 Å². The molecule has 0 bridgehead atoms. The van der Waals surface area contributed by atoms with Crippen LogP contribution in [0.15, 0.2) is 16.6 Å². The number of Topliss-reactive ketones (excluding diaryl/α,β-unsaturated/α-hetero) is 1. The van der Waals surface area contributed by atoms with E-state index in [-0.39, 0.29) is 12.1 Å². The molecule has 8 heteroatoms. The Bertz CT molecular complexity index is 696. The highest BCUT2D eigenvalue weighted by Gasteiger charge is 2.22. The topological polar surface area (TPSA) is 109 Å². The number of nitrogens with zero attached hydrogens (tertiary/aromatic N) is 1. The Balaban J connectivity index is 2.74. The fourth-order valence-electron chi connectivity index (χ4n) is 1.88. The highest BCUT2D eigenvalue weighted by atomic mass is 79.9. The van der Waals surface area contributed by atoms with E-state index in [0.29, 0.717) is 21.5 Å². The number of rotatable bonds is 8. The largest absolute Gasteiger partial charge is 0.493 e. The van der Waals surface area contributed by atoms with Crippen LogP contribution in [0.4, 0.5) is 0 Å². The molecule has 1 atom stereocenters. The average molecular weight is 397 g/mol. The van der Waals surface area contributed by atoms with Gasteiger partial charge in [0.15, 0.2) is 23.9 Å². The predicted molar refractivity (Wildman–Crippen MR) is 89.4 cm³/mol. The summed E-state index contributed by atoms with van der Waals surface area (Å²) in [5.74, 6) is -1.47. The molecule has 1 N–H and O–H groups in total. The number of methoxy groups -OCH3 is 2. The fraction of sp³-hybridized carbons (Fsp3) is 0.375. The minimum atomic E-state index is -1.19. The van der Waals surface area contributed by atoms with E-state index in [1.54, 1.807) is 18.2 Å². The number of ether oxygens (including phenoxy) is 3. The molecule has 0 heterocycles. The third-order valence-corrected chi connectivity index (χ3v) is 3.89. The van der Waals surface area contributed by atoms with Crippen molar-refractivity contribution in [2.45, 2.75) is 13.3 Å². The summed E-state index contributed by atoms with van der Waals surface area (Å²) in [6, 6.07) is 5.00. The second-order valence-corrected chi connectivity index (χ2v) is 5.70. The Hall–Kier alpha value is -2.40. The number of nitrogens with one attached hydrogen (secondary N) is 1. The van der Waals surface area contributed by atoms with Crippen molar-refractivity contribution in [2.24, 2.45) is 5.92 Å². The van der Waals surface area contributed by atoms with Gasteiger partial charge in [-0.2, -0.15) is 5.26 Å². The highest BCUT2D eigenvalue weighted by molar-refractivity contribution is 9.10. The van der Waals surface area contributed by atoms with E-state index in [1.807, 2.05) is 0 Å². The molecule has 7 nitrogen and oxygen atoms in total. The van der Waals surface area contributed by atoms with Crippen LogP contribution in [-0.2, 0) is 20.7 Å². The zero-order valence-corrected chi connectivity index (χ0v) is 15.1. The van der Waals surface area contributed by atoms with Crippen LogP contribution in [0.3, 0.4) is 0 Å². The molecule has 0 spiro atoms. The Morgan fingerprint density at radius 1 is 1.29 bits per heavy atom.